The van der Waals surface area contributed by atoms with Crippen LogP contribution in [0.2, 0.25) is 0 Å². The summed E-state index contributed by atoms with van der Waals surface area (Å²) < 4.78 is 2.20. The molecule has 1 nitrogen and oxygen atoms in total. The number of benzene rings is 3. The van der Waals surface area contributed by atoms with E-state index < -0.39 is 0 Å². The Morgan fingerprint density at radius 2 is 1.11 bits per heavy atom. The Morgan fingerprint density at radius 3 is 1.68 bits per heavy atom. The second kappa shape index (κ2) is 3.99. The highest BCUT2D eigenvalue weighted by Gasteiger charge is 2.07. The minimum absolute atomic E-state index is 1.26. The predicted octanol–water partition coefficient (Wildman–Crippen LogP) is 4.78. The molecule has 90 valence electrons. The lowest BCUT2D eigenvalue weighted by Gasteiger charge is -2.12. The lowest BCUT2D eigenvalue weighted by Crippen LogP contribution is -1.93. The van der Waals surface area contributed by atoms with Gasteiger partial charge in [0.25, 0.3) is 0 Å². The topological polar surface area (TPSA) is 4.93 Å². The van der Waals surface area contributed by atoms with Gasteiger partial charge in [0, 0.05) is 23.2 Å². The summed E-state index contributed by atoms with van der Waals surface area (Å²) in [6.45, 7) is 0. The Balaban J connectivity index is 2.27. The van der Waals surface area contributed by atoms with Crippen LogP contribution in [0.3, 0.4) is 0 Å². The molecule has 0 fully saturated rings. The number of hydrogen-bond acceptors (Lipinski definition) is 0. The van der Waals surface area contributed by atoms with E-state index in [1.54, 1.807) is 0 Å². The molecule has 0 saturated carbocycles. The van der Waals surface area contributed by atoms with Gasteiger partial charge in [0.05, 0.1) is 5.69 Å². The zero-order valence-electron chi connectivity index (χ0n) is 10.5. The molecule has 0 N–H and O–H groups in total. The first-order valence-electron chi connectivity index (χ1n) is 6.47. The molecule has 0 amide bonds. The summed E-state index contributed by atoms with van der Waals surface area (Å²) >= 11 is 0. The number of nitrogens with zero attached hydrogens (tertiary/aromatic N) is 1. The second-order valence-corrected chi connectivity index (χ2v) is 4.76. The van der Waals surface area contributed by atoms with Gasteiger partial charge in [0.15, 0.2) is 0 Å². The van der Waals surface area contributed by atoms with Gasteiger partial charge in [-0.05, 0) is 29.0 Å². The molecule has 4 aromatic rings. The first-order chi connectivity index (χ1) is 9.43. The minimum atomic E-state index is 1.26. The molecule has 1 aromatic heterocycles. The maximum atomic E-state index is 2.26. The molecule has 1 heteroatoms. The zero-order valence-corrected chi connectivity index (χ0v) is 10.5. The summed E-state index contributed by atoms with van der Waals surface area (Å²) in [5.74, 6) is 0. The van der Waals surface area contributed by atoms with Gasteiger partial charge in [-0.2, -0.15) is 0 Å². The Labute approximate surface area is 111 Å². The molecule has 19 heavy (non-hydrogen) atoms. The van der Waals surface area contributed by atoms with Crippen LogP contribution in [0, 0.1) is 0 Å². The van der Waals surface area contributed by atoms with Crippen molar-refractivity contribution in [1.29, 1.82) is 0 Å². The smallest absolute Gasteiger partial charge is 0.0606 e. The third-order valence-corrected chi connectivity index (χ3v) is 3.61. The Hall–Kier alpha value is -2.54. The van der Waals surface area contributed by atoms with E-state index in [0.29, 0.717) is 0 Å². The lowest BCUT2D eigenvalue weighted by molar-refractivity contribution is 1.11. The van der Waals surface area contributed by atoms with E-state index in [9.17, 15) is 0 Å². The molecule has 0 bridgehead atoms. The SMILES string of the molecule is c1ccc2c(-n3cccc3)c3ccccc3cc2c1. The van der Waals surface area contributed by atoms with Crippen LogP contribution in [0.4, 0.5) is 0 Å². The normalized spacial score (nSPS) is 11.2. The molecule has 3 aromatic carbocycles. The van der Waals surface area contributed by atoms with Crippen molar-refractivity contribution in [2.45, 2.75) is 0 Å². The van der Waals surface area contributed by atoms with Crippen molar-refractivity contribution < 1.29 is 0 Å². The van der Waals surface area contributed by atoms with Crippen molar-refractivity contribution in [3.63, 3.8) is 0 Å². The molecule has 0 saturated heterocycles. The van der Waals surface area contributed by atoms with Crippen molar-refractivity contribution in [3.8, 4) is 5.69 Å². The van der Waals surface area contributed by atoms with Gasteiger partial charge in [-0.3, -0.25) is 0 Å². The highest BCUT2D eigenvalue weighted by molar-refractivity contribution is 6.07. The molecule has 0 unspecified atom stereocenters. The molecular weight excluding hydrogens is 230 g/mol. The van der Waals surface area contributed by atoms with Gasteiger partial charge < -0.3 is 4.57 Å². The van der Waals surface area contributed by atoms with Crippen molar-refractivity contribution >= 4 is 21.5 Å². The van der Waals surface area contributed by atoms with Crippen molar-refractivity contribution in [2.24, 2.45) is 0 Å². The predicted molar refractivity (Wildman–Crippen MR) is 80.8 cm³/mol. The standard InChI is InChI=1S/C18H13N/c1-3-9-16-14(7-1)13-15-8-2-4-10-17(15)18(16)19-11-5-6-12-19/h1-13H. The molecule has 0 aliphatic rings. The molecule has 0 aliphatic carbocycles. The van der Waals surface area contributed by atoms with E-state index in [2.05, 4.69) is 83.7 Å². The average molecular weight is 243 g/mol. The molecule has 0 aliphatic heterocycles. The fourth-order valence-electron chi connectivity index (χ4n) is 2.75. The number of rotatable bonds is 1. The molecule has 0 spiro atoms. The minimum Gasteiger partial charge on any atom is -0.323 e. The van der Waals surface area contributed by atoms with Crippen molar-refractivity contribution in [1.82, 2.24) is 4.57 Å². The summed E-state index contributed by atoms with van der Waals surface area (Å²) in [4.78, 5) is 0. The van der Waals surface area contributed by atoms with Crippen LogP contribution >= 0.6 is 0 Å². The van der Waals surface area contributed by atoms with Crippen LogP contribution in [-0.4, -0.2) is 4.57 Å². The molecule has 4 rings (SSSR count). The van der Waals surface area contributed by atoms with Crippen molar-refractivity contribution in [3.05, 3.63) is 79.1 Å². The third kappa shape index (κ3) is 1.55. The Kier molecular flexibility index (Phi) is 2.18. The fourth-order valence-corrected chi connectivity index (χ4v) is 2.75. The fraction of sp³-hybridized carbons (Fsp3) is 0. The largest absolute Gasteiger partial charge is 0.323 e. The van der Waals surface area contributed by atoms with Gasteiger partial charge in [-0.15, -0.1) is 0 Å². The second-order valence-electron chi connectivity index (χ2n) is 4.76. The summed E-state index contributed by atoms with van der Waals surface area (Å²) in [6, 6.07) is 23.5. The van der Waals surface area contributed by atoms with E-state index in [4.69, 9.17) is 0 Å². The molecule has 0 radical (unpaired) electrons. The van der Waals surface area contributed by atoms with E-state index in [0.717, 1.165) is 0 Å². The number of hydrogen-bond donors (Lipinski definition) is 0. The highest BCUT2D eigenvalue weighted by Crippen LogP contribution is 2.31. The average Bonchev–Trinajstić information content (AvgIpc) is 2.98. The van der Waals surface area contributed by atoms with Crippen LogP contribution in [0.1, 0.15) is 0 Å². The van der Waals surface area contributed by atoms with Gasteiger partial charge in [0.2, 0.25) is 0 Å². The van der Waals surface area contributed by atoms with Crippen LogP contribution in [0.25, 0.3) is 27.2 Å². The number of aromatic nitrogens is 1. The van der Waals surface area contributed by atoms with Gasteiger partial charge in [-0.1, -0.05) is 48.5 Å². The quantitative estimate of drug-likeness (QED) is 0.424. The number of fused-ring (bicyclic) bond motifs is 2. The van der Waals surface area contributed by atoms with Gasteiger partial charge in [-0.25, -0.2) is 0 Å². The summed E-state index contributed by atoms with van der Waals surface area (Å²) in [6.07, 6.45) is 4.21. The molecule has 1 heterocycles. The first-order valence-corrected chi connectivity index (χ1v) is 6.47. The lowest BCUT2D eigenvalue weighted by atomic mass is 10.0. The third-order valence-electron chi connectivity index (χ3n) is 3.61. The maximum absolute atomic E-state index is 2.26. The van der Waals surface area contributed by atoms with Gasteiger partial charge >= 0.3 is 0 Å². The summed E-state index contributed by atoms with van der Waals surface area (Å²) in [5.41, 5.74) is 1.26. The zero-order chi connectivity index (χ0) is 12.7. The van der Waals surface area contributed by atoms with Crippen LogP contribution < -0.4 is 0 Å². The monoisotopic (exact) mass is 243 g/mol. The molecule has 0 atom stereocenters. The van der Waals surface area contributed by atoms with Crippen LogP contribution in [-0.2, 0) is 0 Å². The van der Waals surface area contributed by atoms with Crippen LogP contribution in [0.5, 0.6) is 0 Å². The van der Waals surface area contributed by atoms with Crippen LogP contribution in [0.15, 0.2) is 79.1 Å². The highest BCUT2D eigenvalue weighted by atomic mass is 14.9. The van der Waals surface area contributed by atoms with Gasteiger partial charge in [0.1, 0.15) is 0 Å². The van der Waals surface area contributed by atoms with E-state index in [1.165, 1.54) is 27.2 Å². The van der Waals surface area contributed by atoms with Crippen molar-refractivity contribution in [2.75, 3.05) is 0 Å². The Bertz CT molecular complexity index is 803. The van der Waals surface area contributed by atoms with E-state index in [1.807, 2.05) is 0 Å². The maximum Gasteiger partial charge on any atom is 0.0606 e. The first kappa shape index (κ1) is 10.4. The Morgan fingerprint density at radius 1 is 0.579 bits per heavy atom. The van der Waals surface area contributed by atoms with E-state index in [-0.39, 0.29) is 0 Å². The van der Waals surface area contributed by atoms with E-state index >= 15 is 0 Å². The summed E-state index contributed by atoms with van der Waals surface area (Å²) in [7, 11) is 0. The summed E-state index contributed by atoms with van der Waals surface area (Å²) in [5, 5.41) is 5.14. The molecular formula is C18H13N.